The second-order valence-electron chi connectivity index (χ2n) is 4.26. The average molecular weight is 258 g/mol. The van der Waals surface area contributed by atoms with Crippen molar-refractivity contribution in [2.24, 2.45) is 5.92 Å². The van der Waals surface area contributed by atoms with Gasteiger partial charge in [0.05, 0.1) is 11.6 Å². The summed E-state index contributed by atoms with van der Waals surface area (Å²) in [5, 5.41) is 5.34. The maximum Gasteiger partial charge on any atom is 0.228 e. The van der Waals surface area contributed by atoms with Crippen molar-refractivity contribution in [3.8, 4) is 0 Å². The molecule has 0 saturated carbocycles. The Labute approximate surface area is 102 Å². The Bertz CT molecular complexity index is 459. The van der Waals surface area contributed by atoms with Crippen LogP contribution in [0.15, 0.2) is 12.1 Å². The highest BCUT2D eigenvalue weighted by Crippen LogP contribution is 2.21. The van der Waals surface area contributed by atoms with Gasteiger partial charge < -0.3 is 10.6 Å². The van der Waals surface area contributed by atoms with Crippen LogP contribution >= 0.6 is 0 Å². The van der Waals surface area contributed by atoms with Crippen LogP contribution in [0.3, 0.4) is 0 Å². The molecule has 0 radical (unpaired) electrons. The molecular formula is C12H13F3N2O. The number of hydrogen-bond acceptors (Lipinski definition) is 2. The number of carbonyl (C=O) groups is 1. The highest BCUT2D eigenvalue weighted by atomic mass is 19.2. The van der Waals surface area contributed by atoms with E-state index in [2.05, 4.69) is 10.6 Å². The highest BCUT2D eigenvalue weighted by molar-refractivity contribution is 5.92. The Morgan fingerprint density at radius 2 is 2.06 bits per heavy atom. The fourth-order valence-electron chi connectivity index (χ4n) is 1.93. The zero-order chi connectivity index (χ0) is 13.1. The van der Waals surface area contributed by atoms with Gasteiger partial charge in [0.25, 0.3) is 0 Å². The molecule has 6 heteroatoms. The Hall–Kier alpha value is -1.56. The van der Waals surface area contributed by atoms with Gasteiger partial charge in [-0.05, 0) is 31.5 Å². The van der Waals surface area contributed by atoms with E-state index in [4.69, 9.17) is 0 Å². The van der Waals surface area contributed by atoms with Crippen LogP contribution < -0.4 is 10.6 Å². The fraction of sp³-hybridized carbons (Fsp3) is 0.417. The third-order valence-corrected chi connectivity index (χ3v) is 2.96. The molecule has 18 heavy (non-hydrogen) atoms. The van der Waals surface area contributed by atoms with E-state index in [9.17, 15) is 18.0 Å². The summed E-state index contributed by atoms with van der Waals surface area (Å²) in [4.78, 5) is 11.8. The van der Waals surface area contributed by atoms with Crippen LogP contribution in [0.5, 0.6) is 0 Å². The Balaban J connectivity index is 2.09. The zero-order valence-electron chi connectivity index (χ0n) is 9.60. The van der Waals surface area contributed by atoms with Gasteiger partial charge in [-0.3, -0.25) is 4.79 Å². The van der Waals surface area contributed by atoms with Crippen LogP contribution in [0.1, 0.15) is 12.8 Å². The van der Waals surface area contributed by atoms with Crippen LogP contribution in [0.25, 0.3) is 0 Å². The zero-order valence-corrected chi connectivity index (χ0v) is 9.60. The van der Waals surface area contributed by atoms with E-state index in [1.807, 2.05) is 0 Å². The summed E-state index contributed by atoms with van der Waals surface area (Å²) >= 11 is 0. The van der Waals surface area contributed by atoms with Crippen LogP contribution in [0.2, 0.25) is 0 Å². The predicted octanol–water partition coefficient (Wildman–Crippen LogP) is 2.04. The first-order valence-corrected chi connectivity index (χ1v) is 5.74. The van der Waals surface area contributed by atoms with E-state index in [1.165, 1.54) is 0 Å². The summed E-state index contributed by atoms with van der Waals surface area (Å²) < 4.78 is 39.0. The second kappa shape index (κ2) is 5.39. The first kappa shape index (κ1) is 12.9. The molecule has 2 N–H and O–H groups in total. The minimum absolute atomic E-state index is 0.272. The number of amides is 1. The van der Waals surface area contributed by atoms with Crippen molar-refractivity contribution in [3.05, 3.63) is 29.6 Å². The first-order valence-electron chi connectivity index (χ1n) is 5.74. The molecule has 1 saturated heterocycles. The summed E-state index contributed by atoms with van der Waals surface area (Å²) in [6, 6.07) is 1.80. The number of rotatable bonds is 2. The van der Waals surface area contributed by atoms with Gasteiger partial charge in [0, 0.05) is 6.54 Å². The van der Waals surface area contributed by atoms with Gasteiger partial charge in [-0.2, -0.15) is 0 Å². The Morgan fingerprint density at radius 1 is 1.28 bits per heavy atom. The largest absolute Gasteiger partial charge is 0.323 e. The molecule has 0 spiro atoms. The molecule has 1 aliphatic heterocycles. The maximum absolute atomic E-state index is 13.3. The topological polar surface area (TPSA) is 41.1 Å². The van der Waals surface area contributed by atoms with Crippen LogP contribution in [0.4, 0.5) is 18.9 Å². The fourth-order valence-corrected chi connectivity index (χ4v) is 1.93. The van der Waals surface area contributed by atoms with Crippen LogP contribution in [-0.4, -0.2) is 19.0 Å². The smallest absolute Gasteiger partial charge is 0.228 e. The molecule has 1 fully saturated rings. The summed E-state index contributed by atoms with van der Waals surface area (Å²) in [6.07, 6.45) is 1.56. The lowest BCUT2D eigenvalue weighted by atomic mass is 9.99. The maximum atomic E-state index is 13.3. The van der Waals surface area contributed by atoms with Gasteiger partial charge in [-0.25, -0.2) is 13.2 Å². The average Bonchev–Trinajstić information content (AvgIpc) is 2.40. The first-order chi connectivity index (χ1) is 8.59. The lowest BCUT2D eigenvalue weighted by Crippen LogP contribution is -2.37. The van der Waals surface area contributed by atoms with Crippen molar-refractivity contribution >= 4 is 11.6 Å². The molecule has 0 unspecified atom stereocenters. The van der Waals surface area contributed by atoms with Gasteiger partial charge in [0.15, 0.2) is 17.5 Å². The minimum Gasteiger partial charge on any atom is -0.323 e. The summed E-state index contributed by atoms with van der Waals surface area (Å²) in [6.45, 7) is 1.36. The van der Waals surface area contributed by atoms with Crippen molar-refractivity contribution in [2.75, 3.05) is 18.4 Å². The quantitative estimate of drug-likeness (QED) is 0.797. The molecule has 3 nitrogen and oxygen atoms in total. The number of anilines is 1. The number of halogens is 3. The van der Waals surface area contributed by atoms with Gasteiger partial charge >= 0.3 is 0 Å². The molecule has 1 amide bonds. The third kappa shape index (κ3) is 2.64. The van der Waals surface area contributed by atoms with E-state index in [0.29, 0.717) is 13.0 Å². The Morgan fingerprint density at radius 3 is 2.72 bits per heavy atom. The lowest BCUT2D eigenvalue weighted by molar-refractivity contribution is -0.120. The molecule has 0 bridgehead atoms. The van der Waals surface area contributed by atoms with Crippen molar-refractivity contribution in [1.82, 2.24) is 5.32 Å². The minimum atomic E-state index is -1.57. The van der Waals surface area contributed by atoms with Crippen molar-refractivity contribution < 1.29 is 18.0 Å². The van der Waals surface area contributed by atoms with E-state index in [0.717, 1.165) is 25.1 Å². The highest BCUT2D eigenvalue weighted by Gasteiger charge is 2.23. The summed E-state index contributed by atoms with van der Waals surface area (Å²) in [7, 11) is 0. The van der Waals surface area contributed by atoms with E-state index < -0.39 is 17.5 Å². The van der Waals surface area contributed by atoms with Crippen LogP contribution in [0, 0.1) is 23.4 Å². The van der Waals surface area contributed by atoms with Gasteiger partial charge in [-0.1, -0.05) is 0 Å². The van der Waals surface area contributed by atoms with Crippen molar-refractivity contribution in [3.63, 3.8) is 0 Å². The molecule has 2 rings (SSSR count). The number of benzene rings is 1. The molecule has 98 valence electrons. The van der Waals surface area contributed by atoms with Crippen LogP contribution in [-0.2, 0) is 4.79 Å². The van der Waals surface area contributed by atoms with Gasteiger partial charge in [-0.15, -0.1) is 0 Å². The normalized spacial score (nSPS) is 19.6. The molecule has 1 aliphatic rings. The van der Waals surface area contributed by atoms with E-state index in [1.54, 1.807) is 0 Å². The lowest BCUT2D eigenvalue weighted by Gasteiger charge is -2.22. The second-order valence-corrected chi connectivity index (χ2v) is 4.26. The van der Waals surface area contributed by atoms with Crippen molar-refractivity contribution in [2.45, 2.75) is 12.8 Å². The molecule has 1 aromatic carbocycles. The SMILES string of the molecule is O=C(Nc1ccc(F)c(F)c1F)[C@H]1CCCNC1. The monoisotopic (exact) mass is 258 g/mol. The number of nitrogens with one attached hydrogen (secondary N) is 2. The third-order valence-electron chi connectivity index (χ3n) is 2.96. The Kier molecular flexibility index (Phi) is 3.86. The molecule has 0 aromatic heterocycles. The number of carbonyl (C=O) groups excluding carboxylic acids is 1. The summed E-state index contributed by atoms with van der Waals surface area (Å²) in [5.41, 5.74) is -0.329. The molecule has 0 aliphatic carbocycles. The number of piperidine rings is 1. The van der Waals surface area contributed by atoms with E-state index in [-0.39, 0.29) is 17.5 Å². The molecular weight excluding hydrogens is 245 g/mol. The molecule has 1 atom stereocenters. The van der Waals surface area contributed by atoms with Gasteiger partial charge in [0.2, 0.25) is 5.91 Å². The van der Waals surface area contributed by atoms with E-state index >= 15 is 0 Å². The summed E-state index contributed by atoms with van der Waals surface area (Å²) in [5.74, 6) is -4.87. The predicted molar refractivity (Wildman–Crippen MR) is 60.5 cm³/mol. The standard InChI is InChI=1S/C12H13F3N2O/c13-8-3-4-9(11(15)10(8)14)17-12(18)7-2-1-5-16-6-7/h3-4,7,16H,1-2,5-6H2,(H,17,18)/t7-/m0/s1. The van der Waals surface area contributed by atoms with Crippen molar-refractivity contribution in [1.29, 1.82) is 0 Å². The molecule has 1 heterocycles. The van der Waals surface area contributed by atoms with Gasteiger partial charge in [0.1, 0.15) is 0 Å². The number of hydrogen-bond donors (Lipinski definition) is 2. The molecule has 1 aromatic rings.